The Kier molecular flexibility index (Phi) is 7.94. The first-order valence-electron chi connectivity index (χ1n) is 12.4. The van der Waals surface area contributed by atoms with Gasteiger partial charge in [-0.3, -0.25) is 15.6 Å². The third kappa shape index (κ3) is 5.36. The highest BCUT2D eigenvalue weighted by Crippen LogP contribution is 2.40. The summed E-state index contributed by atoms with van der Waals surface area (Å²) in [4.78, 5) is 29.6. The van der Waals surface area contributed by atoms with E-state index >= 15 is 0 Å². The minimum Gasteiger partial charge on any atom is -0.453 e. The van der Waals surface area contributed by atoms with Crippen molar-refractivity contribution in [3.05, 3.63) is 0 Å². The fraction of sp³-hybridized carbons (Fsp3) is 0.870. The number of fused-ring (bicyclic) bond motifs is 1. The second-order valence-corrected chi connectivity index (χ2v) is 9.89. The topological polar surface area (TPSA) is 110 Å². The molecule has 4 aliphatic rings. The molecule has 0 spiro atoms. The number of rotatable bonds is 4. The van der Waals surface area contributed by atoms with Crippen molar-refractivity contribution in [2.75, 3.05) is 39.8 Å². The fourth-order valence-corrected chi connectivity index (χ4v) is 6.15. The minimum atomic E-state index is -0.317. The second kappa shape index (κ2) is 10.9. The predicted molar refractivity (Wildman–Crippen MR) is 121 cm³/mol. The molecule has 0 aromatic heterocycles. The van der Waals surface area contributed by atoms with Crippen LogP contribution in [0.2, 0.25) is 0 Å². The molecule has 3 heterocycles. The lowest BCUT2D eigenvalue weighted by atomic mass is 9.73. The highest BCUT2D eigenvalue weighted by molar-refractivity contribution is 5.72. The van der Waals surface area contributed by atoms with Gasteiger partial charge in [-0.15, -0.1) is 0 Å². The molecule has 1 saturated carbocycles. The Bertz CT molecular complexity index is 739. The molecule has 2 amide bonds. The van der Waals surface area contributed by atoms with Crippen molar-refractivity contribution in [2.45, 2.75) is 76.2 Å². The van der Waals surface area contributed by atoms with Crippen LogP contribution in [0, 0.1) is 23.2 Å². The van der Waals surface area contributed by atoms with Gasteiger partial charge >= 0.3 is 12.2 Å². The van der Waals surface area contributed by atoms with Gasteiger partial charge in [0.2, 0.25) is 0 Å². The van der Waals surface area contributed by atoms with Gasteiger partial charge in [0, 0.05) is 32.6 Å². The zero-order chi connectivity index (χ0) is 23.4. The SMILES string of the molecule is COC(=O)N1C2CCC(C3CNN(CCC#N)C3)CC2N(C(=O)OC2CCCCN2)C[C@@H]1C. The van der Waals surface area contributed by atoms with E-state index in [1.54, 1.807) is 0 Å². The van der Waals surface area contributed by atoms with Gasteiger partial charge in [0.1, 0.15) is 0 Å². The molecule has 0 radical (unpaired) electrons. The summed E-state index contributed by atoms with van der Waals surface area (Å²) >= 11 is 0. The lowest BCUT2D eigenvalue weighted by molar-refractivity contribution is -0.0513. The summed E-state index contributed by atoms with van der Waals surface area (Å²) in [6.07, 6.45) is 5.38. The second-order valence-electron chi connectivity index (χ2n) is 9.89. The van der Waals surface area contributed by atoms with Gasteiger partial charge in [0.25, 0.3) is 0 Å². The van der Waals surface area contributed by atoms with Crippen LogP contribution in [0.3, 0.4) is 0 Å². The molecular formula is C23H38N6O4. The summed E-state index contributed by atoms with van der Waals surface area (Å²) in [7, 11) is 1.42. The van der Waals surface area contributed by atoms with Gasteiger partial charge in [0.05, 0.1) is 31.3 Å². The monoisotopic (exact) mass is 462 g/mol. The number of carbonyl (C=O) groups is 2. The fourth-order valence-electron chi connectivity index (χ4n) is 6.15. The van der Waals surface area contributed by atoms with E-state index in [-0.39, 0.29) is 36.5 Å². The number of nitrogens with zero attached hydrogens (tertiary/aromatic N) is 4. The first-order chi connectivity index (χ1) is 16.0. The Labute approximate surface area is 196 Å². The van der Waals surface area contributed by atoms with E-state index in [0.29, 0.717) is 24.8 Å². The molecule has 10 nitrogen and oxygen atoms in total. The van der Waals surface area contributed by atoms with Gasteiger partial charge in [-0.05, 0) is 63.8 Å². The highest BCUT2D eigenvalue weighted by Gasteiger charge is 2.49. The van der Waals surface area contributed by atoms with E-state index in [0.717, 1.165) is 64.7 Å². The Hall–Kier alpha value is -2.09. The Morgan fingerprint density at radius 1 is 1.09 bits per heavy atom. The normalized spacial score (nSPS) is 34.9. The summed E-state index contributed by atoms with van der Waals surface area (Å²) in [6.45, 7) is 5.83. The van der Waals surface area contributed by atoms with Gasteiger partial charge in [-0.1, -0.05) is 0 Å². The third-order valence-electron chi connectivity index (χ3n) is 7.84. The van der Waals surface area contributed by atoms with Gasteiger partial charge < -0.3 is 14.4 Å². The van der Waals surface area contributed by atoms with Crippen LogP contribution in [-0.4, -0.2) is 91.2 Å². The largest absolute Gasteiger partial charge is 0.453 e. The summed E-state index contributed by atoms with van der Waals surface area (Å²) in [5.41, 5.74) is 3.43. The third-order valence-corrected chi connectivity index (χ3v) is 7.84. The summed E-state index contributed by atoms with van der Waals surface area (Å²) in [5.74, 6) is 0.912. The van der Waals surface area contributed by atoms with Crippen molar-refractivity contribution in [2.24, 2.45) is 11.8 Å². The van der Waals surface area contributed by atoms with Crippen LogP contribution in [0.25, 0.3) is 0 Å². The van der Waals surface area contributed by atoms with Crippen LogP contribution in [0.1, 0.15) is 51.9 Å². The highest BCUT2D eigenvalue weighted by atomic mass is 16.6. The van der Waals surface area contributed by atoms with Crippen LogP contribution in [0.4, 0.5) is 9.59 Å². The van der Waals surface area contributed by atoms with Crippen molar-refractivity contribution < 1.29 is 19.1 Å². The van der Waals surface area contributed by atoms with Gasteiger partial charge in [-0.2, -0.15) is 5.26 Å². The molecule has 5 unspecified atom stereocenters. The summed E-state index contributed by atoms with van der Waals surface area (Å²) < 4.78 is 11.0. The summed E-state index contributed by atoms with van der Waals surface area (Å²) in [5, 5.41) is 14.3. The number of amides is 2. The number of piperidine rings is 1. The Balaban J connectivity index is 1.47. The number of nitrogens with one attached hydrogen (secondary N) is 2. The molecule has 3 saturated heterocycles. The number of methoxy groups -OCH3 is 1. The summed E-state index contributed by atoms with van der Waals surface area (Å²) in [6, 6.07) is 1.94. The van der Waals surface area contributed by atoms with Crippen LogP contribution < -0.4 is 10.7 Å². The number of ether oxygens (including phenoxy) is 2. The van der Waals surface area contributed by atoms with Crippen LogP contribution >= 0.6 is 0 Å². The van der Waals surface area contributed by atoms with Crippen molar-refractivity contribution in [3.8, 4) is 6.07 Å². The number of carbonyl (C=O) groups excluding carboxylic acids is 2. The average Bonchev–Trinajstić information content (AvgIpc) is 3.31. The van der Waals surface area contributed by atoms with Gasteiger partial charge in [-0.25, -0.2) is 14.6 Å². The quantitative estimate of drug-likeness (QED) is 0.652. The maximum Gasteiger partial charge on any atom is 0.411 e. The molecule has 0 aromatic rings. The standard InChI is InChI=1S/C23H38N6O4/c1-16-14-28(22(30)33-21-6-3-4-10-25-21)20-12-17(7-8-19(20)29(16)23(31)32-2)18-13-26-27(15-18)11-5-9-24/h16-21,25-26H,3-8,10-15H2,1-2H3/t16-,17?,18?,19?,20?,21?/m0/s1. The van der Waals surface area contributed by atoms with Crippen LogP contribution in [-0.2, 0) is 9.47 Å². The van der Waals surface area contributed by atoms with E-state index < -0.39 is 0 Å². The molecule has 184 valence electrons. The number of hydrazine groups is 1. The maximum atomic E-state index is 13.3. The molecule has 3 aliphatic heterocycles. The predicted octanol–water partition coefficient (Wildman–Crippen LogP) is 1.88. The van der Waals surface area contributed by atoms with E-state index in [1.165, 1.54) is 7.11 Å². The minimum absolute atomic E-state index is 0.0617. The molecule has 1 aliphatic carbocycles. The molecular weight excluding hydrogens is 424 g/mol. The lowest BCUT2D eigenvalue weighted by Crippen LogP contribution is -2.67. The molecule has 2 N–H and O–H groups in total. The van der Waals surface area contributed by atoms with E-state index in [1.807, 2.05) is 16.7 Å². The van der Waals surface area contributed by atoms with Crippen molar-refractivity contribution in [3.63, 3.8) is 0 Å². The Morgan fingerprint density at radius 3 is 2.67 bits per heavy atom. The molecule has 4 rings (SSSR count). The van der Waals surface area contributed by atoms with Gasteiger partial charge in [0.15, 0.2) is 6.23 Å². The van der Waals surface area contributed by atoms with Crippen molar-refractivity contribution in [1.82, 2.24) is 25.6 Å². The zero-order valence-electron chi connectivity index (χ0n) is 19.9. The lowest BCUT2D eigenvalue weighted by Gasteiger charge is -2.53. The smallest absolute Gasteiger partial charge is 0.411 e. The zero-order valence-corrected chi connectivity index (χ0v) is 19.9. The molecule has 0 bridgehead atoms. The first kappa shape index (κ1) is 24.0. The van der Waals surface area contributed by atoms with E-state index in [2.05, 4.69) is 21.8 Å². The first-order valence-corrected chi connectivity index (χ1v) is 12.4. The molecule has 6 atom stereocenters. The molecule has 33 heavy (non-hydrogen) atoms. The van der Waals surface area contributed by atoms with Crippen LogP contribution in [0.5, 0.6) is 0 Å². The number of piperazine rings is 1. The van der Waals surface area contributed by atoms with E-state index in [9.17, 15) is 9.59 Å². The van der Waals surface area contributed by atoms with E-state index in [4.69, 9.17) is 14.7 Å². The Morgan fingerprint density at radius 2 is 1.94 bits per heavy atom. The van der Waals surface area contributed by atoms with Crippen molar-refractivity contribution >= 4 is 12.2 Å². The number of hydrogen-bond acceptors (Lipinski definition) is 8. The van der Waals surface area contributed by atoms with Crippen LogP contribution in [0.15, 0.2) is 0 Å². The molecule has 10 heteroatoms. The number of nitriles is 1. The van der Waals surface area contributed by atoms with Crippen molar-refractivity contribution in [1.29, 1.82) is 5.26 Å². The maximum absolute atomic E-state index is 13.3. The number of hydrogen-bond donors (Lipinski definition) is 2. The molecule has 4 fully saturated rings. The molecule has 0 aromatic carbocycles. The average molecular weight is 463 g/mol.